The van der Waals surface area contributed by atoms with Gasteiger partial charge in [-0.25, -0.2) is 9.37 Å². The molecule has 1 aromatic heterocycles. The average Bonchev–Trinajstić information content (AvgIpc) is 2.86. The summed E-state index contributed by atoms with van der Waals surface area (Å²) >= 11 is 1.36. The Kier molecular flexibility index (Phi) is 5.07. The number of unbranched alkanes of at least 4 members (excludes halogenated alkanes) is 1. The largest absolute Gasteiger partial charge is 0.341 e. The molecule has 0 aliphatic rings. The smallest absolute Gasteiger partial charge is 0.265 e. The molecule has 0 radical (unpaired) electrons. The van der Waals surface area contributed by atoms with Crippen molar-refractivity contribution in [2.24, 2.45) is 0 Å². The summed E-state index contributed by atoms with van der Waals surface area (Å²) in [6, 6.07) is 6.17. The monoisotopic (exact) mass is 306 g/mol. The van der Waals surface area contributed by atoms with Crippen LogP contribution >= 0.6 is 11.3 Å². The van der Waals surface area contributed by atoms with E-state index in [2.05, 4.69) is 11.9 Å². The van der Waals surface area contributed by atoms with Crippen LogP contribution in [0.4, 0.5) is 4.39 Å². The molecule has 0 aliphatic heterocycles. The van der Waals surface area contributed by atoms with Crippen LogP contribution in [-0.4, -0.2) is 29.4 Å². The second-order valence-corrected chi connectivity index (χ2v) is 6.02. The van der Waals surface area contributed by atoms with Crippen molar-refractivity contribution in [3.05, 3.63) is 40.7 Å². The Morgan fingerprint density at radius 3 is 2.62 bits per heavy atom. The molecule has 2 rings (SSSR count). The molecule has 21 heavy (non-hydrogen) atoms. The first-order chi connectivity index (χ1) is 10.0. The minimum Gasteiger partial charge on any atom is -0.341 e. The molecule has 1 amide bonds. The van der Waals surface area contributed by atoms with E-state index in [0.29, 0.717) is 4.88 Å². The van der Waals surface area contributed by atoms with Crippen molar-refractivity contribution in [1.29, 1.82) is 0 Å². The number of hydrogen-bond acceptors (Lipinski definition) is 3. The van der Waals surface area contributed by atoms with Crippen molar-refractivity contribution < 1.29 is 9.18 Å². The number of aromatic nitrogens is 1. The SMILES string of the molecule is CCCCN(C)C(=O)c1sc(-c2ccc(F)cc2)nc1C. The normalized spacial score (nSPS) is 10.7. The van der Waals surface area contributed by atoms with E-state index in [0.717, 1.165) is 35.7 Å². The molecular weight excluding hydrogens is 287 g/mol. The number of nitrogens with zero attached hydrogens (tertiary/aromatic N) is 2. The van der Waals surface area contributed by atoms with Gasteiger partial charge in [-0.1, -0.05) is 13.3 Å². The molecule has 0 bridgehead atoms. The topological polar surface area (TPSA) is 33.2 Å². The Labute approximate surface area is 128 Å². The average molecular weight is 306 g/mol. The van der Waals surface area contributed by atoms with Crippen LogP contribution in [0, 0.1) is 12.7 Å². The van der Waals surface area contributed by atoms with Gasteiger partial charge in [-0.3, -0.25) is 4.79 Å². The lowest BCUT2D eigenvalue weighted by molar-refractivity contribution is 0.0797. The first kappa shape index (κ1) is 15.6. The van der Waals surface area contributed by atoms with Crippen molar-refractivity contribution >= 4 is 17.2 Å². The lowest BCUT2D eigenvalue weighted by atomic mass is 10.2. The zero-order chi connectivity index (χ0) is 15.4. The van der Waals surface area contributed by atoms with E-state index >= 15 is 0 Å². The molecule has 0 unspecified atom stereocenters. The fourth-order valence-corrected chi connectivity index (χ4v) is 3.05. The van der Waals surface area contributed by atoms with Gasteiger partial charge in [0.05, 0.1) is 5.69 Å². The van der Waals surface area contributed by atoms with Crippen LogP contribution in [0.15, 0.2) is 24.3 Å². The number of halogens is 1. The molecule has 112 valence electrons. The first-order valence-corrected chi connectivity index (χ1v) is 7.83. The number of hydrogen-bond donors (Lipinski definition) is 0. The standard InChI is InChI=1S/C16H19FN2OS/c1-4-5-10-19(3)16(20)14-11(2)18-15(21-14)12-6-8-13(17)9-7-12/h6-9H,4-5,10H2,1-3H3. The summed E-state index contributed by atoms with van der Waals surface area (Å²) in [5, 5.41) is 0.750. The highest BCUT2D eigenvalue weighted by Gasteiger charge is 2.19. The van der Waals surface area contributed by atoms with Gasteiger partial charge in [0.1, 0.15) is 15.7 Å². The van der Waals surface area contributed by atoms with E-state index in [-0.39, 0.29) is 11.7 Å². The highest BCUT2D eigenvalue weighted by molar-refractivity contribution is 7.17. The summed E-state index contributed by atoms with van der Waals surface area (Å²) < 4.78 is 13.0. The third-order valence-corrected chi connectivity index (χ3v) is 4.47. The van der Waals surface area contributed by atoms with Gasteiger partial charge in [0.2, 0.25) is 0 Å². The Morgan fingerprint density at radius 2 is 2.00 bits per heavy atom. The van der Waals surface area contributed by atoms with Crippen LogP contribution in [0.1, 0.15) is 35.1 Å². The molecule has 0 saturated carbocycles. The van der Waals surface area contributed by atoms with Gasteiger partial charge in [0.25, 0.3) is 5.91 Å². The Bertz CT molecular complexity index is 622. The lowest BCUT2D eigenvalue weighted by Crippen LogP contribution is -2.27. The van der Waals surface area contributed by atoms with Crippen molar-refractivity contribution in [3.8, 4) is 10.6 Å². The minimum absolute atomic E-state index is 0.00631. The Hall–Kier alpha value is -1.75. The van der Waals surface area contributed by atoms with Gasteiger partial charge >= 0.3 is 0 Å². The summed E-state index contributed by atoms with van der Waals surface area (Å²) in [5.74, 6) is -0.269. The number of carbonyl (C=O) groups is 1. The second kappa shape index (κ2) is 6.80. The summed E-state index contributed by atoms with van der Waals surface area (Å²) in [5.41, 5.74) is 1.56. The van der Waals surface area contributed by atoms with Gasteiger partial charge in [-0.05, 0) is 37.6 Å². The highest BCUT2D eigenvalue weighted by atomic mass is 32.1. The predicted molar refractivity (Wildman–Crippen MR) is 84.1 cm³/mol. The fourth-order valence-electron chi connectivity index (χ4n) is 1.98. The van der Waals surface area contributed by atoms with Crippen LogP contribution in [0.2, 0.25) is 0 Å². The zero-order valence-corrected chi connectivity index (χ0v) is 13.3. The van der Waals surface area contributed by atoms with Crippen LogP contribution < -0.4 is 0 Å². The van der Waals surface area contributed by atoms with Gasteiger partial charge in [-0.2, -0.15) is 0 Å². The molecule has 5 heteroatoms. The van der Waals surface area contributed by atoms with Crippen LogP contribution in [0.5, 0.6) is 0 Å². The van der Waals surface area contributed by atoms with E-state index in [1.165, 1.54) is 23.5 Å². The maximum Gasteiger partial charge on any atom is 0.265 e. The number of benzene rings is 1. The Morgan fingerprint density at radius 1 is 1.33 bits per heavy atom. The molecule has 0 N–H and O–H groups in total. The molecule has 0 atom stereocenters. The van der Waals surface area contributed by atoms with Crippen LogP contribution in [0.25, 0.3) is 10.6 Å². The minimum atomic E-state index is -0.275. The molecule has 3 nitrogen and oxygen atoms in total. The maximum absolute atomic E-state index is 13.0. The molecule has 0 spiro atoms. The third-order valence-electron chi connectivity index (χ3n) is 3.28. The number of carbonyl (C=O) groups excluding carboxylic acids is 1. The second-order valence-electron chi connectivity index (χ2n) is 5.02. The third kappa shape index (κ3) is 3.67. The van der Waals surface area contributed by atoms with Gasteiger partial charge in [0.15, 0.2) is 0 Å². The summed E-state index contributed by atoms with van der Waals surface area (Å²) in [7, 11) is 1.81. The highest BCUT2D eigenvalue weighted by Crippen LogP contribution is 2.28. The zero-order valence-electron chi connectivity index (χ0n) is 12.5. The van der Waals surface area contributed by atoms with E-state index in [4.69, 9.17) is 0 Å². The summed E-state index contributed by atoms with van der Waals surface area (Å²) in [4.78, 5) is 19.2. The Balaban J connectivity index is 2.22. The molecular formula is C16H19FN2OS. The van der Waals surface area contributed by atoms with Gasteiger partial charge in [0, 0.05) is 19.2 Å². The van der Waals surface area contributed by atoms with Crippen LogP contribution in [-0.2, 0) is 0 Å². The van der Waals surface area contributed by atoms with Crippen LogP contribution in [0.3, 0.4) is 0 Å². The number of amides is 1. The molecule has 1 aromatic carbocycles. The first-order valence-electron chi connectivity index (χ1n) is 7.01. The number of aryl methyl sites for hydroxylation is 1. The maximum atomic E-state index is 13.0. The molecule has 0 saturated heterocycles. The molecule has 0 aliphatic carbocycles. The summed E-state index contributed by atoms with van der Waals surface area (Å²) in [6.07, 6.45) is 2.05. The van der Waals surface area contributed by atoms with Gasteiger partial charge in [-0.15, -0.1) is 11.3 Å². The molecule has 0 fully saturated rings. The van der Waals surface area contributed by atoms with Crippen molar-refractivity contribution in [2.45, 2.75) is 26.7 Å². The number of rotatable bonds is 5. The van der Waals surface area contributed by atoms with E-state index in [9.17, 15) is 9.18 Å². The predicted octanol–water partition coefficient (Wildman–Crippen LogP) is 4.13. The quantitative estimate of drug-likeness (QED) is 0.832. The summed E-state index contributed by atoms with van der Waals surface area (Å²) in [6.45, 7) is 4.69. The van der Waals surface area contributed by atoms with E-state index in [1.807, 2.05) is 14.0 Å². The van der Waals surface area contributed by atoms with Crippen molar-refractivity contribution in [1.82, 2.24) is 9.88 Å². The fraction of sp³-hybridized carbons (Fsp3) is 0.375. The van der Waals surface area contributed by atoms with E-state index < -0.39 is 0 Å². The van der Waals surface area contributed by atoms with Gasteiger partial charge < -0.3 is 4.90 Å². The van der Waals surface area contributed by atoms with E-state index in [1.54, 1.807) is 17.0 Å². The molecule has 1 heterocycles. The lowest BCUT2D eigenvalue weighted by Gasteiger charge is -2.15. The van der Waals surface area contributed by atoms with Crippen molar-refractivity contribution in [3.63, 3.8) is 0 Å². The van der Waals surface area contributed by atoms with Crippen molar-refractivity contribution in [2.75, 3.05) is 13.6 Å². The molecule has 2 aromatic rings. The number of thiazole rings is 1.